The van der Waals surface area contributed by atoms with E-state index in [4.69, 9.17) is 9.68 Å². The number of nitrogens with zero attached hydrogens (tertiary/aromatic N) is 1. The highest BCUT2D eigenvalue weighted by Crippen LogP contribution is 2.22. The molecule has 4 heteroatoms. The number of hydrogen-bond acceptors (Lipinski definition) is 3. The molecule has 0 saturated carbocycles. The van der Waals surface area contributed by atoms with Gasteiger partial charge in [-0.1, -0.05) is 28.1 Å². The van der Waals surface area contributed by atoms with E-state index in [-0.39, 0.29) is 5.78 Å². The number of benzene rings is 1. The first-order chi connectivity index (χ1) is 8.22. The average molecular weight is 290 g/mol. The Bertz CT molecular complexity index is 552. The number of furan rings is 1. The molecule has 0 radical (unpaired) electrons. The molecule has 17 heavy (non-hydrogen) atoms. The molecule has 0 amide bonds. The van der Waals surface area contributed by atoms with Gasteiger partial charge in [0, 0.05) is 4.47 Å². The lowest BCUT2D eigenvalue weighted by atomic mass is 9.93. The van der Waals surface area contributed by atoms with E-state index in [9.17, 15) is 4.79 Å². The van der Waals surface area contributed by atoms with Crippen LogP contribution in [0.5, 0.6) is 0 Å². The minimum Gasteiger partial charge on any atom is -0.472 e. The fraction of sp³-hybridized carbons (Fsp3) is 0.0769. The van der Waals surface area contributed by atoms with Gasteiger partial charge in [-0.15, -0.1) is 0 Å². The van der Waals surface area contributed by atoms with E-state index in [1.165, 1.54) is 12.5 Å². The van der Waals surface area contributed by atoms with Gasteiger partial charge in [-0.3, -0.25) is 4.79 Å². The highest BCUT2D eigenvalue weighted by Gasteiger charge is 2.22. The molecule has 1 aromatic heterocycles. The van der Waals surface area contributed by atoms with Crippen molar-refractivity contribution in [1.82, 2.24) is 0 Å². The highest BCUT2D eigenvalue weighted by atomic mass is 79.9. The number of ketones is 1. The normalized spacial score (nSPS) is 11.8. The van der Waals surface area contributed by atoms with Gasteiger partial charge in [0.05, 0.1) is 17.9 Å². The minimum atomic E-state index is -0.791. The van der Waals surface area contributed by atoms with Crippen molar-refractivity contribution >= 4 is 21.7 Å². The molecule has 0 bridgehead atoms. The minimum absolute atomic E-state index is 0.247. The highest BCUT2D eigenvalue weighted by molar-refractivity contribution is 9.10. The SMILES string of the molecule is N#CC(C(=O)c1ccoc1)c1ccc(Br)cc1. The molecule has 0 aliphatic rings. The van der Waals surface area contributed by atoms with E-state index in [0.717, 1.165) is 4.47 Å². The molecule has 1 atom stereocenters. The summed E-state index contributed by atoms with van der Waals surface area (Å²) in [4.78, 5) is 12.0. The molecule has 0 saturated heterocycles. The van der Waals surface area contributed by atoms with Crippen molar-refractivity contribution in [2.45, 2.75) is 5.92 Å². The van der Waals surface area contributed by atoms with Gasteiger partial charge in [0.1, 0.15) is 12.2 Å². The van der Waals surface area contributed by atoms with Gasteiger partial charge in [0.2, 0.25) is 0 Å². The zero-order valence-electron chi connectivity index (χ0n) is 8.76. The van der Waals surface area contributed by atoms with Crippen LogP contribution in [0.15, 0.2) is 51.7 Å². The second kappa shape index (κ2) is 4.98. The smallest absolute Gasteiger partial charge is 0.187 e. The van der Waals surface area contributed by atoms with Crippen LogP contribution in [-0.4, -0.2) is 5.78 Å². The summed E-state index contributed by atoms with van der Waals surface area (Å²) in [5, 5.41) is 9.10. The first-order valence-corrected chi connectivity index (χ1v) is 5.73. The molecular weight excluding hydrogens is 282 g/mol. The van der Waals surface area contributed by atoms with E-state index in [1.54, 1.807) is 18.2 Å². The van der Waals surface area contributed by atoms with Crippen LogP contribution in [0.3, 0.4) is 0 Å². The third-order valence-electron chi connectivity index (χ3n) is 2.40. The summed E-state index contributed by atoms with van der Waals surface area (Å²) in [5.41, 5.74) is 1.10. The quantitative estimate of drug-likeness (QED) is 0.812. The van der Waals surface area contributed by atoms with Crippen LogP contribution in [0.1, 0.15) is 21.8 Å². The summed E-state index contributed by atoms with van der Waals surface area (Å²) >= 11 is 3.31. The molecule has 84 valence electrons. The van der Waals surface area contributed by atoms with Crippen LogP contribution in [0.4, 0.5) is 0 Å². The monoisotopic (exact) mass is 289 g/mol. The van der Waals surface area contributed by atoms with Gasteiger partial charge in [0.15, 0.2) is 5.78 Å². The van der Waals surface area contributed by atoms with Crippen LogP contribution in [-0.2, 0) is 0 Å². The van der Waals surface area contributed by atoms with Gasteiger partial charge >= 0.3 is 0 Å². The summed E-state index contributed by atoms with van der Waals surface area (Å²) in [5.74, 6) is -1.04. The maximum absolute atomic E-state index is 12.0. The molecule has 0 aliphatic heterocycles. The first kappa shape index (κ1) is 11.6. The first-order valence-electron chi connectivity index (χ1n) is 4.94. The zero-order valence-corrected chi connectivity index (χ0v) is 10.3. The third kappa shape index (κ3) is 2.45. The molecule has 3 nitrogen and oxygen atoms in total. The predicted molar refractivity (Wildman–Crippen MR) is 65.5 cm³/mol. The fourth-order valence-electron chi connectivity index (χ4n) is 1.51. The van der Waals surface area contributed by atoms with Crippen LogP contribution < -0.4 is 0 Å². The van der Waals surface area contributed by atoms with Crippen molar-refractivity contribution in [3.8, 4) is 6.07 Å². The maximum atomic E-state index is 12.0. The summed E-state index contributed by atoms with van der Waals surface area (Å²) in [6.45, 7) is 0. The molecular formula is C13H8BrNO2. The van der Waals surface area contributed by atoms with Crippen molar-refractivity contribution in [1.29, 1.82) is 5.26 Å². The predicted octanol–water partition coefficient (Wildman–Crippen LogP) is 3.53. The van der Waals surface area contributed by atoms with E-state index in [1.807, 2.05) is 18.2 Å². The second-order valence-corrected chi connectivity index (χ2v) is 4.41. The van der Waals surface area contributed by atoms with Gasteiger partial charge in [-0.25, -0.2) is 0 Å². The standard InChI is InChI=1S/C13H8BrNO2/c14-11-3-1-9(2-4-11)12(7-15)13(16)10-5-6-17-8-10/h1-6,8,12H. The molecule has 0 spiro atoms. The van der Waals surface area contributed by atoms with Gasteiger partial charge in [0.25, 0.3) is 0 Å². The molecule has 2 aromatic rings. The van der Waals surface area contributed by atoms with Crippen LogP contribution >= 0.6 is 15.9 Å². The molecule has 0 aliphatic carbocycles. The molecule has 1 heterocycles. The van der Waals surface area contributed by atoms with Crippen LogP contribution in [0.2, 0.25) is 0 Å². The number of rotatable bonds is 3. The van der Waals surface area contributed by atoms with Gasteiger partial charge < -0.3 is 4.42 Å². The Kier molecular flexibility index (Phi) is 3.40. The summed E-state index contributed by atoms with van der Waals surface area (Å²) in [6.07, 6.45) is 2.77. The third-order valence-corrected chi connectivity index (χ3v) is 2.93. The largest absolute Gasteiger partial charge is 0.472 e. The van der Waals surface area contributed by atoms with Crippen molar-refractivity contribution in [3.63, 3.8) is 0 Å². The number of carbonyl (C=O) groups is 1. The molecule has 2 rings (SSSR count). The summed E-state index contributed by atoms with van der Waals surface area (Å²) < 4.78 is 5.76. The fourth-order valence-corrected chi connectivity index (χ4v) is 1.78. The summed E-state index contributed by atoms with van der Waals surface area (Å²) in [7, 11) is 0. The Hall–Kier alpha value is -1.86. The lowest BCUT2D eigenvalue weighted by molar-refractivity contribution is 0.0978. The molecule has 1 unspecified atom stereocenters. The summed E-state index contributed by atoms with van der Waals surface area (Å²) in [6, 6.07) is 10.7. The van der Waals surface area contributed by atoms with Crippen molar-refractivity contribution < 1.29 is 9.21 Å². The topological polar surface area (TPSA) is 54.0 Å². The molecule has 0 N–H and O–H groups in total. The van der Waals surface area contributed by atoms with Crippen molar-refractivity contribution in [3.05, 3.63) is 58.5 Å². The molecule has 1 aromatic carbocycles. The Morgan fingerprint density at radius 1 is 1.29 bits per heavy atom. The van der Waals surface area contributed by atoms with Crippen molar-refractivity contribution in [2.24, 2.45) is 0 Å². The van der Waals surface area contributed by atoms with Crippen molar-refractivity contribution in [2.75, 3.05) is 0 Å². The second-order valence-electron chi connectivity index (χ2n) is 3.49. The average Bonchev–Trinajstić information content (AvgIpc) is 2.86. The van der Waals surface area contributed by atoms with E-state index in [2.05, 4.69) is 15.9 Å². The van der Waals surface area contributed by atoms with E-state index >= 15 is 0 Å². The van der Waals surface area contributed by atoms with Crippen LogP contribution in [0, 0.1) is 11.3 Å². The van der Waals surface area contributed by atoms with Gasteiger partial charge in [-0.2, -0.15) is 5.26 Å². The number of halogens is 1. The lowest BCUT2D eigenvalue weighted by Crippen LogP contribution is -2.10. The molecule has 0 fully saturated rings. The number of carbonyl (C=O) groups excluding carboxylic acids is 1. The Morgan fingerprint density at radius 2 is 2.00 bits per heavy atom. The maximum Gasteiger partial charge on any atom is 0.187 e. The van der Waals surface area contributed by atoms with Gasteiger partial charge in [-0.05, 0) is 23.8 Å². The van der Waals surface area contributed by atoms with Crippen LogP contribution in [0.25, 0.3) is 0 Å². The van der Waals surface area contributed by atoms with E-state index in [0.29, 0.717) is 11.1 Å². The lowest BCUT2D eigenvalue weighted by Gasteiger charge is -2.06. The number of hydrogen-bond donors (Lipinski definition) is 0. The van der Waals surface area contributed by atoms with E-state index < -0.39 is 5.92 Å². The Balaban J connectivity index is 2.32. The Morgan fingerprint density at radius 3 is 2.53 bits per heavy atom. The number of Topliss-reactive ketones (excluding diaryl/α,β-unsaturated/α-hetero) is 1. The zero-order chi connectivity index (χ0) is 12.3. The Labute approximate surface area is 107 Å². The number of nitriles is 1.